The summed E-state index contributed by atoms with van der Waals surface area (Å²) < 4.78 is 18.8. The van der Waals surface area contributed by atoms with Crippen LogP contribution in [0.4, 0.5) is 4.39 Å². The highest BCUT2D eigenvalue weighted by molar-refractivity contribution is 5.35. The van der Waals surface area contributed by atoms with Gasteiger partial charge in [0.2, 0.25) is 0 Å². The van der Waals surface area contributed by atoms with Crippen LogP contribution >= 0.6 is 0 Å². The second kappa shape index (κ2) is 6.72. The summed E-state index contributed by atoms with van der Waals surface area (Å²) in [5, 5.41) is 3.32. The fourth-order valence-electron chi connectivity index (χ4n) is 2.66. The van der Waals surface area contributed by atoms with E-state index in [1.54, 1.807) is 12.1 Å². The van der Waals surface area contributed by atoms with E-state index in [-0.39, 0.29) is 17.6 Å². The lowest BCUT2D eigenvalue weighted by atomic mass is 9.94. The lowest BCUT2D eigenvalue weighted by Crippen LogP contribution is -2.20. The Labute approximate surface area is 126 Å². The van der Waals surface area contributed by atoms with Crippen LogP contribution in [0.15, 0.2) is 36.4 Å². The second-order valence-corrected chi connectivity index (χ2v) is 5.37. The van der Waals surface area contributed by atoms with E-state index in [1.807, 2.05) is 13.1 Å². The molecular weight excluding hydrogens is 265 g/mol. The minimum absolute atomic E-state index is 0.165. The Morgan fingerprint density at radius 3 is 2.48 bits per heavy atom. The van der Waals surface area contributed by atoms with Crippen LogP contribution in [0.5, 0.6) is 5.75 Å². The summed E-state index contributed by atoms with van der Waals surface area (Å²) in [5.41, 5.74) is 4.71. The minimum Gasteiger partial charge on any atom is -0.494 e. The van der Waals surface area contributed by atoms with Crippen molar-refractivity contribution >= 4 is 0 Å². The molecule has 1 unspecified atom stereocenters. The molecule has 1 atom stereocenters. The van der Waals surface area contributed by atoms with Crippen molar-refractivity contribution in [1.29, 1.82) is 0 Å². The van der Waals surface area contributed by atoms with Crippen LogP contribution in [0.25, 0.3) is 0 Å². The van der Waals surface area contributed by atoms with Crippen molar-refractivity contribution in [3.63, 3.8) is 0 Å². The summed E-state index contributed by atoms with van der Waals surface area (Å²) in [6, 6.07) is 11.7. The summed E-state index contributed by atoms with van der Waals surface area (Å²) in [7, 11) is 3.41. The molecule has 2 aromatic rings. The van der Waals surface area contributed by atoms with Crippen LogP contribution in [-0.4, -0.2) is 14.2 Å². The Morgan fingerprint density at radius 1 is 1.14 bits per heavy atom. The third kappa shape index (κ3) is 3.61. The van der Waals surface area contributed by atoms with E-state index < -0.39 is 0 Å². The Bertz CT molecular complexity index is 625. The lowest BCUT2D eigenvalue weighted by molar-refractivity contribution is 0.386. The number of likely N-dealkylation sites (N-methyl/N-ethyl adjacent to an activating group) is 1. The molecule has 0 aliphatic rings. The van der Waals surface area contributed by atoms with Crippen LogP contribution in [0.2, 0.25) is 0 Å². The Kier molecular flexibility index (Phi) is 4.97. The molecule has 3 heteroatoms. The predicted octanol–water partition coefficient (Wildman–Crippen LogP) is 3.95. The number of hydrogen-bond donors (Lipinski definition) is 1. The monoisotopic (exact) mass is 287 g/mol. The first-order valence-corrected chi connectivity index (χ1v) is 7.12. The maximum absolute atomic E-state index is 13.8. The Morgan fingerprint density at radius 2 is 1.90 bits per heavy atom. The van der Waals surface area contributed by atoms with Crippen molar-refractivity contribution in [3.8, 4) is 5.75 Å². The van der Waals surface area contributed by atoms with Crippen molar-refractivity contribution in [2.75, 3.05) is 14.2 Å². The second-order valence-electron chi connectivity index (χ2n) is 5.37. The number of nitrogens with one attached hydrogen (secondary N) is 1. The van der Waals surface area contributed by atoms with Crippen molar-refractivity contribution < 1.29 is 9.13 Å². The summed E-state index contributed by atoms with van der Waals surface area (Å²) in [5.74, 6) is -0.0308. The van der Waals surface area contributed by atoms with Gasteiger partial charge in [0.05, 0.1) is 7.11 Å². The van der Waals surface area contributed by atoms with E-state index in [0.717, 1.165) is 12.0 Å². The standard InChI is InChI=1S/C18H22FNO/c1-12-5-7-15(13(2)9-12)17(20-3)11-14-6-8-18(21-4)16(19)10-14/h5-10,17,20H,11H2,1-4H3. The van der Waals surface area contributed by atoms with Gasteiger partial charge in [-0.3, -0.25) is 0 Å². The average Bonchev–Trinajstić information content (AvgIpc) is 2.45. The number of aryl methyl sites for hydroxylation is 2. The molecule has 21 heavy (non-hydrogen) atoms. The molecule has 0 heterocycles. The number of methoxy groups -OCH3 is 1. The molecule has 2 aromatic carbocycles. The predicted molar refractivity (Wildman–Crippen MR) is 84.4 cm³/mol. The number of halogens is 1. The van der Waals surface area contributed by atoms with Crippen molar-refractivity contribution in [3.05, 3.63) is 64.5 Å². The Balaban J connectivity index is 2.24. The summed E-state index contributed by atoms with van der Waals surface area (Å²) in [4.78, 5) is 0. The highest BCUT2D eigenvalue weighted by atomic mass is 19.1. The number of ether oxygens (including phenoxy) is 1. The molecule has 2 rings (SSSR count). The van der Waals surface area contributed by atoms with Crippen LogP contribution in [0.3, 0.4) is 0 Å². The van der Waals surface area contributed by atoms with Gasteiger partial charge in [-0.2, -0.15) is 0 Å². The molecule has 0 aliphatic carbocycles. The van der Waals surface area contributed by atoms with Gasteiger partial charge < -0.3 is 10.1 Å². The zero-order valence-electron chi connectivity index (χ0n) is 13.0. The zero-order valence-corrected chi connectivity index (χ0v) is 13.0. The largest absolute Gasteiger partial charge is 0.494 e. The maximum atomic E-state index is 13.8. The number of hydrogen-bond acceptors (Lipinski definition) is 2. The first-order chi connectivity index (χ1) is 10.0. The van der Waals surface area contributed by atoms with Gasteiger partial charge in [0, 0.05) is 6.04 Å². The molecule has 0 bridgehead atoms. The highest BCUT2D eigenvalue weighted by Gasteiger charge is 2.14. The van der Waals surface area contributed by atoms with Gasteiger partial charge in [0.15, 0.2) is 11.6 Å². The smallest absolute Gasteiger partial charge is 0.165 e. The Hall–Kier alpha value is -1.87. The first-order valence-electron chi connectivity index (χ1n) is 7.12. The van der Waals surface area contributed by atoms with Crippen molar-refractivity contribution in [2.24, 2.45) is 0 Å². The molecule has 0 amide bonds. The molecule has 0 saturated carbocycles. The first kappa shape index (κ1) is 15.5. The van der Waals surface area contributed by atoms with E-state index in [2.05, 4.69) is 37.4 Å². The van der Waals surface area contributed by atoms with Crippen molar-refractivity contribution in [2.45, 2.75) is 26.3 Å². The van der Waals surface area contributed by atoms with Gasteiger partial charge >= 0.3 is 0 Å². The number of benzene rings is 2. The normalized spacial score (nSPS) is 12.2. The molecule has 1 N–H and O–H groups in total. The third-order valence-corrected chi connectivity index (χ3v) is 3.81. The molecule has 0 spiro atoms. The van der Waals surface area contributed by atoms with Crippen LogP contribution in [0.1, 0.15) is 28.3 Å². The average molecular weight is 287 g/mol. The summed E-state index contributed by atoms with van der Waals surface area (Å²) in [6.45, 7) is 4.20. The van der Waals surface area contributed by atoms with Gasteiger partial charge in [-0.25, -0.2) is 4.39 Å². The summed E-state index contributed by atoms with van der Waals surface area (Å²) >= 11 is 0. The van der Waals surface area contributed by atoms with Crippen LogP contribution < -0.4 is 10.1 Å². The molecule has 0 fully saturated rings. The van der Waals surface area contributed by atoms with Crippen molar-refractivity contribution in [1.82, 2.24) is 5.32 Å². The topological polar surface area (TPSA) is 21.3 Å². The molecular formula is C18H22FNO. The van der Waals surface area contributed by atoms with Gasteiger partial charge in [-0.1, -0.05) is 29.8 Å². The third-order valence-electron chi connectivity index (χ3n) is 3.81. The van der Waals surface area contributed by atoms with Gasteiger partial charge in [0.25, 0.3) is 0 Å². The molecule has 112 valence electrons. The van der Waals surface area contributed by atoms with E-state index in [9.17, 15) is 4.39 Å². The highest BCUT2D eigenvalue weighted by Crippen LogP contribution is 2.25. The zero-order chi connectivity index (χ0) is 15.4. The van der Waals surface area contributed by atoms with E-state index >= 15 is 0 Å². The lowest BCUT2D eigenvalue weighted by Gasteiger charge is -2.20. The van der Waals surface area contributed by atoms with Gasteiger partial charge in [-0.15, -0.1) is 0 Å². The van der Waals surface area contributed by atoms with Crippen LogP contribution in [-0.2, 0) is 6.42 Å². The maximum Gasteiger partial charge on any atom is 0.165 e. The molecule has 0 aliphatic heterocycles. The molecule has 0 aromatic heterocycles. The quantitative estimate of drug-likeness (QED) is 0.899. The minimum atomic E-state index is -0.314. The summed E-state index contributed by atoms with van der Waals surface area (Å²) in [6.07, 6.45) is 0.737. The van der Waals surface area contributed by atoms with Crippen LogP contribution in [0, 0.1) is 19.7 Å². The number of rotatable bonds is 5. The fourth-order valence-corrected chi connectivity index (χ4v) is 2.66. The van der Waals surface area contributed by atoms with Gasteiger partial charge in [-0.05, 0) is 56.1 Å². The molecule has 2 nitrogen and oxygen atoms in total. The fraction of sp³-hybridized carbons (Fsp3) is 0.333. The van der Waals surface area contributed by atoms with E-state index in [4.69, 9.17) is 4.74 Å². The SMILES string of the molecule is CNC(Cc1ccc(OC)c(F)c1)c1ccc(C)cc1C. The van der Waals surface area contributed by atoms with E-state index in [0.29, 0.717) is 0 Å². The molecule has 0 radical (unpaired) electrons. The van der Waals surface area contributed by atoms with Gasteiger partial charge in [0.1, 0.15) is 0 Å². The van der Waals surface area contributed by atoms with E-state index in [1.165, 1.54) is 23.8 Å². The molecule has 0 saturated heterocycles.